The maximum Gasteiger partial charge on any atom is 0.259 e. The molecule has 102 valence electrons. The molecule has 2 rings (SSSR count). The minimum absolute atomic E-state index is 0.180. The number of rotatable bonds is 5. The number of anilines is 1. The predicted octanol–water partition coefficient (Wildman–Crippen LogP) is 3.01. The van der Waals surface area contributed by atoms with E-state index < -0.39 is 0 Å². The Hall–Kier alpha value is -2.14. The van der Waals surface area contributed by atoms with Crippen molar-refractivity contribution in [1.29, 1.82) is 0 Å². The van der Waals surface area contributed by atoms with E-state index in [4.69, 9.17) is 0 Å². The summed E-state index contributed by atoms with van der Waals surface area (Å²) in [4.78, 5) is 11.6. The van der Waals surface area contributed by atoms with Gasteiger partial charge < -0.3 is 5.32 Å². The fraction of sp³-hybridized carbons (Fsp3) is 0.0667. The van der Waals surface area contributed by atoms with Crippen molar-refractivity contribution in [3.8, 4) is 0 Å². The second-order valence-corrected chi connectivity index (χ2v) is 4.98. The molecule has 0 fully saturated rings. The molecule has 0 saturated heterocycles. The van der Waals surface area contributed by atoms with E-state index in [-0.39, 0.29) is 12.5 Å². The Bertz CT molecular complexity index is 599. The topological polar surface area (TPSA) is 53.5 Å². The van der Waals surface area contributed by atoms with E-state index in [1.807, 2.05) is 54.6 Å². The molecule has 0 radical (unpaired) electrons. The van der Waals surface area contributed by atoms with E-state index in [2.05, 4.69) is 31.8 Å². The van der Waals surface area contributed by atoms with Crippen molar-refractivity contribution in [1.82, 2.24) is 5.43 Å². The number of para-hydroxylation sites is 1. The van der Waals surface area contributed by atoms with E-state index in [1.165, 1.54) is 0 Å². The molecular formula is C15H14BrN3O. The number of amides is 1. The highest BCUT2D eigenvalue weighted by Crippen LogP contribution is 2.09. The highest BCUT2D eigenvalue weighted by molar-refractivity contribution is 9.10. The molecule has 0 spiro atoms. The van der Waals surface area contributed by atoms with Crippen LogP contribution < -0.4 is 10.7 Å². The molecule has 5 heteroatoms. The van der Waals surface area contributed by atoms with E-state index >= 15 is 0 Å². The van der Waals surface area contributed by atoms with Gasteiger partial charge in [0.05, 0.1) is 12.8 Å². The molecule has 0 aliphatic carbocycles. The van der Waals surface area contributed by atoms with Crippen molar-refractivity contribution in [3.05, 3.63) is 64.6 Å². The third-order valence-corrected chi connectivity index (χ3v) is 2.97. The van der Waals surface area contributed by atoms with Gasteiger partial charge in [0.25, 0.3) is 5.91 Å². The maximum absolute atomic E-state index is 11.6. The van der Waals surface area contributed by atoms with Crippen LogP contribution in [0.25, 0.3) is 0 Å². The molecular weight excluding hydrogens is 318 g/mol. The minimum Gasteiger partial charge on any atom is -0.376 e. The van der Waals surface area contributed by atoms with Crippen LogP contribution in [-0.4, -0.2) is 18.7 Å². The molecule has 0 aliphatic rings. The molecule has 1 amide bonds. The Morgan fingerprint density at radius 2 is 1.95 bits per heavy atom. The van der Waals surface area contributed by atoms with Crippen LogP contribution in [0.5, 0.6) is 0 Å². The lowest BCUT2D eigenvalue weighted by Gasteiger charge is -2.04. The summed E-state index contributed by atoms with van der Waals surface area (Å²) in [5, 5.41) is 6.92. The standard InChI is InChI=1S/C15H14BrN3O/c16-13-6-4-5-12(9-13)10-18-19-15(20)11-17-14-7-2-1-3-8-14/h1-10,17H,11H2,(H,19,20)/b18-10-. The highest BCUT2D eigenvalue weighted by atomic mass is 79.9. The quantitative estimate of drug-likeness (QED) is 0.653. The van der Waals surface area contributed by atoms with Crippen molar-refractivity contribution in [2.45, 2.75) is 0 Å². The summed E-state index contributed by atoms with van der Waals surface area (Å²) in [6, 6.07) is 17.2. The first-order valence-electron chi connectivity index (χ1n) is 6.10. The summed E-state index contributed by atoms with van der Waals surface area (Å²) in [6.45, 7) is 0.180. The van der Waals surface area contributed by atoms with Crippen molar-refractivity contribution < 1.29 is 4.79 Å². The minimum atomic E-state index is -0.194. The number of carbonyl (C=O) groups excluding carboxylic acids is 1. The van der Waals surface area contributed by atoms with Gasteiger partial charge in [0.1, 0.15) is 0 Å². The van der Waals surface area contributed by atoms with Crippen LogP contribution >= 0.6 is 15.9 Å². The highest BCUT2D eigenvalue weighted by Gasteiger charge is 1.98. The van der Waals surface area contributed by atoms with Crippen molar-refractivity contribution in [3.63, 3.8) is 0 Å². The van der Waals surface area contributed by atoms with Crippen LogP contribution in [0.2, 0.25) is 0 Å². The molecule has 0 unspecified atom stereocenters. The molecule has 0 heterocycles. The molecule has 20 heavy (non-hydrogen) atoms. The summed E-state index contributed by atoms with van der Waals surface area (Å²) in [7, 11) is 0. The first-order chi connectivity index (χ1) is 9.74. The van der Waals surface area contributed by atoms with Gasteiger partial charge in [-0.2, -0.15) is 5.10 Å². The van der Waals surface area contributed by atoms with E-state index in [0.29, 0.717) is 0 Å². The molecule has 0 aromatic heterocycles. The van der Waals surface area contributed by atoms with Gasteiger partial charge in [-0.15, -0.1) is 0 Å². The zero-order valence-corrected chi connectivity index (χ0v) is 12.3. The molecule has 4 nitrogen and oxygen atoms in total. The predicted molar refractivity (Wildman–Crippen MR) is 84.8 cm³/mol. The third-order valence-electron chi connectivity index (χ3n) is 2.48. The van der Waals surface area contributed by atoms with Crippen LogP contribution in [0, 0.1) is 0 Å². The third kappa shape index (κ3) is 4.85. The molecule has 2 aromatic rings. The molecule has 0 saturated carbocycles. The van der Waals surface area contributed by atoms with Crippen LogP contribution in [0.3, 0.4) is 0 Å². The summed E-state index contributed by atoms with van der Waals surface area (Å²) in [5.74, 6) is -0.194. The normalized spacial score (nSPS) is 10.4. The van der Waals surface area contributed by atoms with Crippen molar-refractivity contribution in [2.24, 2.45) is 5.10 Å². The SMILES string of the molecule is O=C(CNc1ccccc1)N/N=C\c1cccc(Br)c1. The Labute approximate surface area is 126 Å². The van der Waals surface area contributed by atoms with Gasteiger partial charge in [-0.25, -0.2) is 5.43 Å². The average molecular weight is 332 g/mol. The molecule has 0 atom stereocenters. The van der Waals surface area contributed by atoms with Crippen molar-refractivity contribution in [2.75, 3.05) is 11.9 Å². The summed E-state index contributed by atoms with van der Waals surface area (Å²) >= 11 is 3.37. The molecule has 0 bridgehead atoms. The molecule has 2 N–H and O–H groups in total. The average Bonchev–Trinajstić information content (AvgIpc) is 2.46. The maximum atomic E-state index is 11.6. The van der Waals surface area contributed by atoms with Crippen LogP contribution in [0.1, 0.15) is 5.56 Å². The second kappa shape index (κ2) is 7.45. The Morgan fingerprint density at radius 1 is 1.15 bits per heavy atom. The molecule has 0 aliphatic heterocycles. The zero-order valence-electron chi connectivity index (χ0n) is 10.7. The van der Waals surface area contributed by atoms with Gasteiger partial charge in [-0.1, -0.05) is 46.3 Å². The Kier molecular flexibility index (Phi) is 5.32. The smallest absolute Gasteiger partial charge is 0.259 e. The number of benzene rings is 2. The van der Waals surface area contributed by atoms with Gasteiger partial charge in [0, 0.05) is 10.2 Å². The number of hydrogen-bond acceptors (Lipinski definition) is 3. The first kappa shape index (κ1) is 14.3. The lowest BCUT2D eigenvalue weighted by molar-refractivity contribution is -0.119. The van der Waals surface area contributed by atoms with E-state index in [9.17, 15) is 4.79 Å². The number of halogens is 1. The number of carbonyl (C=O) groups is 1. The number of hydrogen-bond donors (Lipinski definition) is 2. The van der Waals surface area contributed by atoms with Gasteiger partial charge in [-0.3, -0.25) is 4.79 Å². The fourth-order valence-corrected chi connectivity index (χ4v) is 1.96. The summed E-state index contributed by atoms with van der Waals surface area (Å²) in [6.07, 6.45) is 1.60. The second-order valence-electron chi connectivity index (χ2n) is 4.07. The lowest BCUT2D eigenvalue weighted by atomic mass is 10.2. The Balaban J connectivity index is 1.78. The van der Waals surface area contributed by atoms with Gasteiger partial charge in [-0.05, 0) is 29.8 Å². The Morgan fingerprint density at radius 3 is 2.70 bits per heavy atom. The fourth-order valence-electron chi connectivity index (χ4n) is 1.54. The van der Waals surface area contributed by atoms with E-state index in [0.717, 1.165) is 15.7 Å². The summed E-state index contributed by atoms with van der Waals surface area (Å²) in [5.41, 5.74) is 4.29. The van der Waals surface area contributed by atoms with Crippen LogP contribution in [0.15, 0.2) is 64.2 Å². The van der Waals surface area contributed by atoms with Gasteiger partial charge >= 0.3 is 0 Å². The largest absolute Gasteiger partial charge is 0.376 e. The summed E-state index contributed by atoms with van der Waals surface area (Å²) < 4.78 is 0.971. The van der Waals surface area contributed by atoms with Gasteiger partial charge in [0.15, 0.2) is 0 Å². The monoisotopic (exact) mass is 331 g/mol. The molecule has 2 aromatic carbocycles. The van der Waals surface area contributed by atoms with Crippen LogP contribution in [0.4, 0.5) is 5.69 Å². The number of nitrogens with one attached hydrogen (secondary N) is 2. The number of nitrogens with zero attached hydrogens (tertiary/aromatic N) is 1. The van der Waals surface area contributed by atoms with Crippen molar-refractivity contribution >= 4 is 33.7 Å². The zero-order chi connectivity index (χ0) is 14.2. The lowest BCUT2D eigenvalue weighted by Crippen LogP contribution is -2.25. The number of hydrazone groups is 1. The van der Waals surface area contributed by atoms with Gasteiger partial charge in [0.2, 0.25) is 0 Å². The van der Waals surface area contributed by atoms with E-state index in [1.54, 1.807) is 6.21 Å². The van der Waals surface area contributed by atoms with Crippen LogP contribution in [-0.2, 0) is 4.79 Å². The first-order valence-corrected chi connectivity index (χ1v) is 6.90.